The fourth-order valence-electron chi connectivity index (χ4n) is 2.58. The summed E-state index contributed by atoms with van der Waals surface area (Å²) in [5, 5.41) is 2.83. The van der Waals surface area contributed by atoms with Crippen LogP contribution in [0.1, 0.15) is 37.5 Å². The van der Waals surface area contributed by atoms with E-state index < -0.39 is 16.1 Å². The number of rotatable bonds is 9. The van der Waals surface area contributed by atoms with Crippen molar-refractivity contribution >= 4 is 15.9 Å². The van der Waals surface area contributed by atoms with E-state index >= 15 is 0 Å². The van der Waals surface area contributed by atoms with E-state index in [1.165, 1.54) is 0 Å². The lowest BCUT2D eigenvalue weighted by atomic mass is 10.1. The van der Waals surface area contributed by atoms with Crippen molar-refractivity contribution in [3.63, 3.8) is 0 Å². The first-order valence-corrected chi connectivity index (χ1v) is 10.9. The molecule has 152 valence electrons. The molecule has 1 atom stereocenters. The molecule has 0 aliphatic carbocycles. The van der Waals surface area contributed by atoms with E-state index in [1.807, 2.05) is 43.3 Å². The smallest absolute Gasteiger partial charge is 0.261 e. The van der Waals surface area contributed by atoms with Gasteiger partial charge in [0.05, 0.1) is 5.75 Å². The van der Waals surface area contributed by atoms with Crippen LogP contribution in [0.3, 0.4) is 0 Å². The van der Waals surface area contributed by atoms with E-state index in [9.17, 15) is 13.2 Å². The molecule has 1 unspecified atom stereocenters. The third kappa shape index (κ3) is 7.32. The van der Waals surface area contributed by atoms with Gasteiger partial charge in [0.15, 0.2) is 6.10 Å². The molecule has 0 radical (unpaired) electrons. The van der Waals surface area contributed by atoms with Crippen molar-refractivity contribution in [2.24, 2.45) is 0 Å². The van der Waals surface area contributed by atoms with E-state index in [-0.39, 0.29) is 17.7 Å². The summed E-state index contributed by atoms with van der Waals surface area (Å²) < 4.78 is 32.1. The molecule has 0 fully saturated rings. The highest BCUT2D eigenvalue weighted by Crippen LogP contribution is 2.13. The van der Waals surface area contributed by atoms with Crippen LogP contribution in [0.5, 0.6) is 5.75 Å². The van der Waals surface area contributed by atoms with E-state index in [0.717, 1.165) is 11.1 Å². The highest BCUT2D eigenvalue weighted by atomic mass is 32.2. The molecule has 28 heavy (non-hydrogen) atoms. The second-order valence-electron chi connectivity index (χ2n) is 7.14. The minimum atomic E-state index is -3.35. The number of benzene rings is 2. The second kappa shape index (κ2) is 9.71. The predicted octanol–water partition coefficient (Wildman–Crippen LogP) is 2.91. The number of nitrogens with one attached hydrogen (secondary N) is 2. The van der Waals surface area contributed by atoms with Crippen molar-refractivity contribution in [1.29, 1.82) is 0 Å². The van der Waals surface area contributed by atoms with Gasteiger partial charge >= 0.3 is 0 Å². The number of aryl methyl sites for hydroxylation is 1. The van der Waals surface area contributed by atoms with Gasteiger partial charge in [-0.2, -0.15) is 0 Å². The van der Waals surface area contributed by atoms with Crippen molar-refractivity contribution < 1.29 is 17.9 Å². The summed E-state index contributed by atoms with van der Waals surface area (Å²) in [6.07, 6.45) is -0.616. The Morgan fingerprint density at radius 2 is 1.54 bits per heavy atom. The summed E-state index contributed by atoms with van der Waals surface area (Å²) in [5.41, 5.74) is 2.70. The standard InChI is InChI=1S/C21H28N2O4S/c1-15(2)23-28(25,26)14-19-9-7-18(8-10-19)13-22-21(24)17(4)27-20-11-5-16(3)6-12-20/h5-12,15,17,23H,13-14H2,1-4H3,(H,22,24). The Hall–Kier alpha value is -2.38. The van der Waals surface area contributed by atoms with E-state index in [2.05, 4.69) is 10.0 Å². The summed E-state index contributed by atoms with van der Waals surface area (Å²) >= 11 is 0. The molecule has 1 amide bonds. The van der Waals surface area contributed by atoms with Crippen LogP contribution in [0.2, 0.25) is 0 Å². The maximum Gasteiger partial charge on any atom is 0.261 e. The van der Waals surface area contributed by atoms with Gasteiger partial charge in [-0.25, -0.2) is 13.1 Å². The van der Waals surface area contributed by atoms with Gasteiger partial charge in [0.25, 0.3) is 5.91 Å². The number of hydrogen-bond donors (Lipinski definition) is 2. The van der Waals surface area contributed by atoms with Gasteiger partial charge in [0.2, 0.25) is 10.0 Å². The molecule has 0 aromatic heterocycles. The first kappa shape index (κ1) is 21.9. The Kier molecular flexibility index (Phi) is 7.60. The Morgan fingerprint density at radius 3 is 2.11 bits per heavy atom. The van der Waals surface area contributed by atoms with Crippen LogP contribution in [0.25, 0.3) is 0 Å². The van der Waals surface area contributed by atoms with Crippen molar-refractivity contribution in [2.45, 2.75) is 52.1 Å². The largest absolute Gasteiger partial charge is 0.481 e. The summed E-state index contributed by atoms with van der Waals surface area (Å²) in [6.45, 7) is 7.60. The van der Waals surface area contributed by atoms with Crippen molar-refractivity contribution in [3.05, 3.63) is 65.2 Å². The lowest BCUT2D eigenvalue weighted by Gasteiger charge is -2.15. The number of hydrogen-bond acceptors (Lipinski definition) is 4. The topological polar surface area (TPSA) is 84.5 Å². The molecular weight excluding hydrogens is 376 g/mol. The number of amides is 1. The van der Waals surface area contributed by atoms with Gasteiger partial charge in [0.1, 0.15) is 5.75 Å². The number of sulfonamides is 1. The molecule has 0 saturated heterocycles. The third-order valence-electron chi connectivity index (χ3n) is 3.96. The van der Waals surface area contributed by atoms with Crippen molar-refractivity contribution in [3.8, 4) is 5.75 Å². The molecule has 2 rings (SSSR count). The highest BCUT2D eigenvalue weighted by Gasteiger charge is 2.15. The predicted molar refractivity (Wildman–Crippen MR) is 110 cm³/mol. The summed E-state index contributed by atoms with van der Waals surface area (Å²) in [5.74, 6) is 0.362. The number of carbonyl (C=O) groups is 1. The molecular formula is C21H28N2O4S. The molecule has 0 aliphatic heterocycles. The second-order valence-corrected chi connectivity index (χ2v) is 8.89. The molecule has 7 heteroatoms. The van der Waals surface area contributed by atoms with Crippen LogP contribution in [0, 0.1) is 6.92 Å². The van der Waals surface area contributed by atoms with Crippen LogP contribution >= 0.6 is 0 Å². The number of carbonyl (C=O) groups excluding carboxylic acids is 1. The Balaban J connectivity index is 1.85. The highest BCUT2D eigenvalue weighted by molar-refractivity contribution is 7.88. The first-order chi connectivity index (χ1) is 13.1. The quantitative estimate of drug-likeness (QED) is 0.673. The van der Waals surface area contributed by atoms with E-state index in [1.54, 1.807) is 32.9 Å². The number of ether oxygens (including phenoxy) is 1. The molecule has 2 aromatic carbocycles. The van der Waals surface area contributed by atoms with Gasteiger partial charge in [-0.1, -0.05) is 42.0 Å². The maximum atomic E-state index is 12.2. The molecule has 0 heterocycles. The monoisotopic (exact) mass is 404 g/mol. The maximum absolute atomic E-state index is 12.2. The van der Waals surface area contributed by atoms with Crippen LogP contribution in [-0.4, -0.2) is 26.5 Å². The fraction of sp³-hybridized carbons (Fsp3) is 0.381. The van der Waals surface area contributed by atoms with Gasteiger partial charge in [-0.05, 0) is 51.0 Å². The van der Waals surface area contributed by atoms with E-state index in [0.29, 0.717) is 17.9 Å². The fourth-order valence-corrected chi connectivity index (χ4v) is 4.01. The Labute approximate surface area is 167 Å². The van der Waals surface area contributed by atoms with Gasteiger partial charge in [-0.3, -0.25) is 4.79 Å². The summed E-state index contributed by atoms with van der Waals surface area (Å²) in [6, 6.07) is 14.5. The molecule has 2 aromatic rings. The first-order valence-electron chi connectivity index (χ1n) is 9.23. The molecule has 2 N–H and O–H groups in total. The molecule has 6 nitrogen and oxygen atoms in total. The Bertz CT molecular complexity index is 876. The van der Waals surface area contributed by atoms with Crippen LogP contribution in [0.15, 0.2) is 48.5 Å². The molecule has 0 bridgehead atoms. The minimum Gasteiger partial charge on any atom is -0.481 e. The summed E-state index contributed by atoms with van der Waals surface area (Å²) in [7, 11) is -3.35. The van der Waals surface area contributed by atoms with Gasteiger partial charge < -0.3 is 10.1 Å². The van der Waals surface area contributed by atoms with Crippen molar-refractivity contribution in [1.82, 2.24) is 10.0 Å². The lowest BCUT2D eigenvalue weighted by molar-refractivity contribution is -0.127. The normalized spacial score (nSPS) is 12.6. The minimum absolute atomic E-state index is 0.0702. The Morgan fingerprint density at radius 1 is 0.964 bits per heavy atom. The molecule has 0 saturated carbocycles. The van der Waals surface area contributed by atoms with Crippen LogP contribution in [-0.2, 0) is 27.1 Å². The zero-order valence-electron chi connectivity index (χ0n) is 16.7. The van der Waals surface area contributed by atoms with Crippen LogP contribution in [0.4, 0.5) is 0 Å². The van der Waals surface area contributed by atoms with Gasteiger partial charge in [-0.15, -0.1) is 0 Å². The molecule has 0 spiro atoms. The van der Waals surface area contributed by atoms with Crippen LogP contribution < -0.4 is 14.8 Å². The van der Waals surface area contributed by atoms with Gasteiger partial charge in [0, 0.05) is 12.6 Å². The summed E-state index contributed by atoms with van der Waals surface area (Å²) in [4.78, 5) is 12.2. The average Bonchev–Trinajstić information content (AvgIpc) is 2.61. The SMILES string of the molecule is Cc1ccc(OC(C)C(=O)NCc2ccc(CS(=O)(=O)NC(C)C)cc2)cc1. The zero-order valence-corrected chi connectivity index (χ0v) is 17.5. The zero-order chi connectivity index (χ0) is 20.7. The molecule has 0 aliphatic rings. The van der Waals surface area contributed by atoms with E-state index in [4.69, 9.17) is 4.74 Å². The lowest BCUT2D eigenvalue weighted by Crippen LogP contribution is -2.35. The third-order valence-corrected chi connectivity index (χ3v) is 5.51. The average molecular weight is 405 g/mol. The van der Waals surface area contributed by atoms with Crippen molar-refractivity contribution in [2.75, 3.05) is 0 Å².